The first-order chi connectivity index (χ1) is 6.69. The van der Waals surface area contributed by atoms with Gasteiger partial charge in [-0.25, -0.2) is 0 Å². The molecule has 14 heavy (non-hydrogen) atoms. The Morgan fingerprint density at radius 1 is 1.29 bits per heavy atom. The van der Waals surface area contributed by atoms with E-state index in [4.69, 9.17) is 10.5 Å². The minimum absolute atomic E-state index is 0.552. The number of hydrogen-bond donors (Lipinski definition) is 1. The van der Waals surface area contributed by atoms with Crippen LogP contribution in [-0.4, -0.2) is 13.7 Å². The highest BCUT2D eigenvalue weighted by molar-refractivity contribution is 5.59. The molecule has 76 valence electrons. The maximum absolute atomic E-state index is 5.41. The predicted molar refractivity (Wildman–Crippen MR) is 60.6 cm³/mol. The molecule has 0 atom stereocenters. The molecule has 0 amide bonds. The Bertz CT molecular complexity index is 342. The molecule has 0 bridgehead atoms. The largest absolute Gasteiger partial charge is 0.496 e. The van der Waals surface area contributed by atoms with Gasteiger partial charge in [-0.2, -0.15) is 0 Å². The Kier molecular flexibility index (Phi) is 3.72. The number of nitrogens with two attached hydrogens (primary N) is 1. The van der Waals surface area contributed by atoms with Crippen molar-refractivity contribution in [3.63, 3.8) is 0 Å². The highest BCUT2D eigenvalue weighted by Crippen LogP contribution is 2.23. The van der Waals surface area contributed by atoms with Crippen LogP contribution in [0, 0.1) is 13.8 Å². The third kappa shape index (κ3) is 2.36. The van der Waals surface area contributed by atoms with Crippen LogP contribution in [0.1, 0.15) is 16.7 Å². The van der Waals surface area contributed by atoms with Gasteiger partial charge >= 0.3 is 0 Å². The highest BCUT2D eigenvalue weighted by atomic mass is 16.5. The Balaban J connectivity index is 3.13. The van der Waals surface area contributed by atoms with Gasteiger partial charge in [0, 0.05) is 12.1 Å². The summed E-state index contributed by atoms with van der Waals surface area (Å²) in [5.41, 5.74) is 9.00. The van der Waals surface area contributed by atoms with Crippen molar-refractivity contribution in [3.8, 4) is 5.75 Å². The van der Waals surface area contributed by atoms with Crippen molar-refractivity contribution in [1.29, 1.82) is 0 Å². The van der Waals surface area contributed by atoms with Crippen LogP contribution in [0.25, 0.3) is 6.08 Å². The fourth-order valence-corrected chi connectivity index (χ4v) is 1.31. The van der Waals surface area contributed by atoms with Crippen molar-refractivity contribution < 1.29 is 4.74 Å². The molecule has 0 heterocycles. The molecule has 1 rings (SSSR count). The smallest absolute Gasteiger partial charge is 0.126 e. The van der Waals surface area contributed by atoms with Gasteiger partial charge in [0.05, 0.1) is 7.11 Å². The molecule has 1 aromatic rings. The van der Waals surface area contributed by atoms with Gasteiger partial charge in [0.25, 0.3) is 0 Å². The monoisotopic (exact) mass is 191 g/mol. The van der Waals surface area contributed by atoms with E-state index in [-0.39, 0.29) is 0 Å². The first-order valence-electron chi connectivity index (χ1n) is 4.71. The molecule has 0 aromatic heterocycles. The minimum Gasteiger partial charge on any atom is -0.496 e. The number of rotatable bonds is 3. The van der Waals surface area contributed by atoms with Gasteiger partial charge in [0.2, 0.25) is 0 Å². The lowest BCUT2D eigenvalue weighted by Gasteiger charge is -2.08. The van der Waals surface area contributed by atoms with Crippen LogP contribution >= 0.6 is 0 Å². The molecular formula is C12H17NO. The Morgan fingerprint density at radius 2 is 1.93 bits per heavy atom. The summed E-state index contributed by atoms with van der Waals surface area (Å²) in [6.45, 7) is 4.72. The molecule has 2 nitrogen and oxygen atoms in total. The Labute approximate surface area is 85.4 Å². The van der Waals surface area contributed by atoms with Gasteiger partial charge < -0.3 is 10.5 Å². The van der Waals surface area contributed by atoms with E-state index >= 15 is 0 Å². The summed E-state index contributed by atoms with van der Waals surface area (Å²) in [5, 5.41) is 0. The van der Waals surface area contributed by atoms with Gasteiger partial charge in [-0.15, -0.1) is 0 Å². The zero-order valence-electron chi connectivity index (χ0n) is 9.00. The number of aryl methyl sites for hydroxylation is 2. The predicted octanol–water partition coefficient (Wildman–Crippen LogP) is 2.28. The second-order valence-electron chi connectivity index (χ2n) is 3.32. The fourth-order valence-electron chi connectivity index (χ4n) is 1.31. The van der Waals surface area contributed by atoms with Crippen LogP contribution < -0.4 is 10.5 Å². The maximum Gasteiger partial charge on any atom is 0.126 e. The van der Waals surface area contributed by atoms with Crippen molar-refractivity contribution in [3.05, 3.63) is 34.9 Å². The van der Waals surface area contributed by atoms with Crippen LogP contribution in [0.3, 0.4) is 0 Å². The molecule has 2 N–H and O–H groups in total. The van der Waals surface area contributed by atoms with Gasteiger partial charge in [0.15, 0.2) is 0 Å². The van der Waals surface area contributed by atoms with Crippen LogP contribution in [0.15, 0.2) is 18.2 Å². The van der Waals surface area contributed by atoms with Crippen molar-refractivity contribution in [2.75, 3.05) is 13.7 Å². The van der Waals surface area contributed by atoms with Gasteiger partial charge in [-0.3, -0.25) is 0 Å². The number of ether oxygens (including phenoxy) is 1. The Hall–Kier alpha value is -1.28. The lowest BCUT2D eigenvalue weighted by molar-refractivity contribution is 0.413. The molecule has 0 radical (unpaired) electrons. The second kappa shape index (κ2) is 4.82. The van der Waals surface area contributed by atoms with Crippen molar-refractivity contribution in [2.24, 2.45) is 5.73 Å². The summed E-state index contributed by atoms with van der Waals surface area (Å²) in [6, 6.07) is 4.16. The summed E-state index contributed by atoms with van der Waals surface area (Å²) in [5.74, 6) is 0.901. The lowest BCUT2D eigenvalue weighted by atomic mass is 10.0. The molecule has 0 aliphatic carbocycles. The van der Waals surface area contributed by atoms with E-state index in [0.717, 1.165) is 11.3 Å². The van der Waals surface area contributed by atoms with E-state index in [1.54, 1.807) is 7.11 Å². The Morgan fingerprint density at radius 3 is 2.50 bits per heavy atom. The number of hydrogen-bond acceptors (Lipinski definition) is 2. The molecule has 2 heteroatoms. The van der Waals surface area contributed by atoms with Crippen LogP contribution in [0.2, 0.25) is 0 Å². The fraction of sp³-hybridized carbons (Fsp3) is 0.333. The summed E-state index contributed by atoms with van der Waals surface area (Å²) in [6.07, 6.45) is 3.91. The molecule has 0 fully saturated rings. The quantitative estimate of drug-likeness (QED) is 0.795. The van der Waals surface area contributed by atoms with Gasteiger partial charge in [-0.1, -0.05) is 12.2 Å². The van der Waals surface area contributed by atoms with E-state index in [2.05, 4.69) is 19.9 Å². The topological polar surface area (TPSA) is 35.2 Å². The van der Waals surface area contributed by atoms with Crippen LogP contribution in [0.5, 0.6) is 5.75 Å². The van der Waals surface area contributed by atoms with E-state index in [0.29, 0.717) is 6.54 Å². The normalized spacial score (nSPS) is 10.9. The van der Waals surface area contributed by atoms with E-state index in [1.165, 1.54) is 11.1 Å². The molecule has 0 unspecified atom stereocenters. The van der Waals surface area contributed by atoms with E-state index < -0.39 is 0 Å². The van der Waals surface area contributed by atoms with Crippen molar-refractivity contribution >= 4 is 6.08 Å². The van der Waals surface area contributed by atoms with Crippen LogP contribution in [-0.2, 0) is 0 Å². The molecule has 0 spiro atoms. The van der Waals surface area contributed by atoms with E-state index in [1.807, 2.05) is 18.2 Å². The molecule has 0 saturated carbocycles. The SMILES string of the molecule is COc1cc(C)c(C)cc1/C=C/CN. The summed E-state index contributed by atoms with van der Waals surface area (Å²) < 4.78 is 5.29. The first kappa shape index (κ1) is 10.8. The molecule has 1 aromatic carbocycles. The standard InChI is InChI=1S/C12H17NO/c1-9-7-11(5-4-6-13)12(14-3)8-10(9)2/h4-5,7-8H,6,13H2,1-3H3/b5-4+. The average Bonchev–Trinajstić information content (AvgIpc) is 2.19. The zero-order chi connectivity index (χ0) is 10.6. The number of methoxy groups -OCH3 is 1. The third-order valence-electron chi connectivity index (χ3n) is 2.28. The van der Waals surface area contributed by atoms with Crippen LogP contribution in [0.4, 0.5) is 0 Å². The van der Waals surface area contributed by atoms with Crippen molar-refractivity contribution in [1.82, 2.24) is 0 Å². The lowest BCUT2D eigenvalue weighted by Crippen LogP contribution is -1.94. The second-order valence-corrected chi connectivity index (χ2v) is 3.32. The highest BCUT2D eigenvalue weighted by Gasteiger charge is 2.02. The summed E-state index contributed by atoms with van der Waals surface area (Å²) >= 11 is 0. The summed E-state index contributed by atoms with van der Waals surface area (Å²) in [4.78, 5) is 0. The van der Waals surface area contributed by atoms with E-state index in [9.17, 15) is 0 Å². The van der Waals surface area contributed by atoms with Gasteiger partial charge in [-0.05, 0) is 37.1 Å². The summed E-state index contributed by atoms with van der Waals surface area (Å²) in [7, 11) is 1.68. The average molecular weight is 191 g/mol. The molecular weight excluding hydrogens is 174 g/mol. The molecule has 0 aliphatic rings. The zero-order valence-corrected chi connectivity index (χ0v) is 9.00. The minimum atomic E-state index is 0.552. The van der Waals surface area contributed by atoms with Crippen molar-refractivity contribution in [2.45, 2.75) is 13.8 Å². The molecule has 0 aliphatic heterocycles. The first-order valence-corrected chi connectivity index (χ1v) is 4.71. The number of benzene rings is 1. The van der Waals surface area contributed by atoms with Gasteiger partial charge in [0.1, 0.15) is 5.75 Å². The molecule has 0 saturated heterocycles. The maximum atomic E-state index is 5.41. The third-order valence-corrected chi connectivity index (χ3v) is 2.28.